The summed E-state index contributed by atoms with van der Waals surface area (Å²) in [6, 6.07) is 0.709. The van der Waals surface area contributed by atoms with Crippen molar-refractivity contribution < 1.29 is 9.53 Å². The number of Topliss-reactive ketones (excluding diaryl/α,β-unsaturated/α-hetero) is 1. The molecule has 2 heterocycles. The highest BCUT2D eigenvalue weighted by atomic mass is 16.5. The van der Waals surface area contributed by atoms with Gasteiger partial charge in [0, 0.05) is 38.6 Å². The molecule has 4 nitrogen and oxygen atoms in total. The monoisotopic (exact) mass is 310 g/mol. The summed E-state index contributed by atoms with van der Waals surface area (Å²) >= 11 is 0. The molecule has 2 fully saturated rings. The van der Waals surface area contributed by atoms with Crippen LogP contribution >= 0.6 is 0 Å². The lowest BCUT2D eigenvalue weighted by atomic mass is 10.0. The molecule has 2 saturated heterocycles. The Hall–Kier alpha value is -0.450. The van der Waals surface area contributed by atoms with E-state index in [4.69, 9.17) is 4.74 Å². The van der Waals surface area contributed by atoms with Crippen LogP contribution in [0.5, 0.6) is 0 Å². The second-order valence-corrected chi connectivity index (χ2v) is 7.00. The third kappa shape index (κ3) is 5.32. The fraction of sp³-hybridized carbons (Fsp3) is 0.944. The maximum atomic E-state index is 11.5. The van der Waals surface area contributed by atoms with Gasteiger partial charge in [-0.2, -0.15) is 0 Å². The van der Waals surface area contributed by atoms with Crippen LogP contribution in [0.3, 0.4) is 0 Å². The summed E-state index contributed by atoms with van der Waals surface area (Å²) in [7, 11) is 0. The maximum Gasteiger partial charge on any atom is 0.146 e. The number of carbonyl (C=O) groups is 1. The quantitative estimate of drug-likeness (QED) is 0.724. The first kappa shape index (κ1) is 17.9. The lowest BCUT2D eigenvalue weighted by Gasteiger charge is -2.38. The van der Waals surface area contributed by atoms with Crippen molar-refractivity contribution in [2.24, 2.45) is 0 Å². The van der Waals surface area contributed by atoms with Gasteiger partial charge in [-0.3, -0.25) is 9.69 Å². The lowest BCUT2D eigenvalue weighted by Crippen LogP contribution is -2.45. The molecule has 0 radical (unpaired) electrons. The SMILES string of the molecule is CCC(=O)CN1CCC(OC2CCN(C(C)CC)CC2)CC1. The average Bonchev–Trinajstić information content (AvgIpc) is 2.56. The van der Waals surface area contributed by atoms with E-state index in [0.717, 1.165) is 25.9 Å². The van der Waals surface area contributed by atoms with E-state index in [0.29, 0.717) is 37.0 Å². The van der Waals surface area contributed by atoms with E-state index in [2.05, 4.69) is 23.6 Å². The molecule has 1 atom stereocenters. The number of rotatable bonds is 7. The summed E-state index contributed by atoms with van der Waals surface area (Å²) in [5, 5.41) is 0. The van der Waals surface area contributed by atoms with Gasteiger partial charge in [-0.15, -0.1) is 0 Å². The van der Waals surface area contributed by atoms with Crippen molar-refractivity contribution in [3.63, 3.8) is 0 Å². The molecule has 0 aromatic heterocycles. The first-order valence-corrected chi connectivity index (χ1v) is 9.25. The molecule has 0 spiro atoms. The summed E-state index contributed by atoms with van der Waals surface area (Å²) < 4.78 is 6.34. The number of ether oxygens (including phenoxy) is 1. The first-order valence-electron chi connectivity index (χ1n) is 9.25. The molecule has 0 N–H and O–H groups in total. The molecule has 0 amide bonds. The Bertz CT molecular complexity index is 332. The van der Waals surface area contributed by atoms with Gasteiger partial charge in [0.05, 0.1) is 18.8 Å². The van der Waals surface area contributed by atoms with Gasteiger partial charge < -0.3 is 9.64 Å². The second kappa shape index (κ2) is 8.99. The van der Waals surface area contributed by atoms with Gasteiger partial charge in [-0.1, -0.05) is 13.8 Å². The molecular formula is C18H34N2O2. The molecule has 22 heavy (non-hydrogen) atoms. The predicted octanol–water partition coefficient (Wildman–Crippen LogP) is 2.71. The van der Waals surface area contributed by atoms with Crippen LogP contribution in [0.4, 0.5) is 0 Å². The Morgan fingerprint density at radius 2 is 1.59 bits per heavy atom. The van der Waals surface area contributed by atoms with E-state index in [1.165, 1.54) is 32.4 Å². The van der Waals surface area contributed by atoms with Crippen molar-refractivity contribution >= 4 is 5.78 Å². The molecular weight excluding hydrogens is 276 g/mol. The predicted molar refractivity (Wildman–Crippen MR) is 90.2 cm³/mol. The van der Waals surface area contributed by atoms with Crippen molar-refractivity contribution in [1.82, 2.24) is 9.80 Å². The van der Waals surface area contributed by atoms with Gasteiger partial charge in [-0.25, -0.2) is 0 Å². The van der Waals surface area contributed by atoms with Crippen LogP contribution in [0.15, 0.2) is 0 Å². The fourth-order valence-corrected chi connectivity index (χ4v) is 3.55. The molecule has 1 unspecified atom stereocenters. The van der Waals surface area contributed by atoms with E-state index in [1.54, 1.807) is 0 Å². The standard InChI is InChI=1S/C18H34N2O2/c1-4-15(3)20-12-8-18(9-13-20)22-17-6-10-19(11-7-17)14-16(21)5-2/h15,17-18H,4-14H2,1-3H3. The van der Waals surface area contributed by atoms with E-state index >= 15 is 0 Å². The highest BCUT2D eigenvalue weighted by Gasteiger charge is 2.27. The van der Waals surface area contributed by atoms with Crippen LogP contribution in [0.1, 0.15) is 59.3 Å². The number of hydrogen-bond acceptors (Lipinski definition) is 4. The van der Waals surface area contributed by atoms with E-state index in [9.17, 15) is 4.79 Å². The minimum atomic E-state index is 0.358. The minimum Gasteiger partial charge on any atom is -0.375 e. The summed E-state index contributed by atoms with van der Waals surface area (Å²) in [4.78, 5) is 16.4. The highest BCUT2D eigenvalue weighted by molar-refractivity contribution is 5.80. The Morgan fingerprint density at radius 1 is 1.05 bits per heavy atom. The lowest BCUT2D eigenvalue weighted by molar-refractivity contribution is -0.121. The van der Waals surface area contributed by atoms with Crippen LogP contribution < -0.4 is 0 Å². The molecule has 4 heteroatoms. The van der Waals surface area contributed by atoms with Crippen molar-refractivity contribution in [3.8, 4) is 0 Å². The summed E-state index contributed by atoms with van der Waals surface area (Å²) in [5.74, 6) is 0.358. The van der Waals surface area contributed by atoms with Crippen LogP contribution in [0, 0.1) is 0 Å². The Balaban J connectivity index is 1.64. The average molecular weight is 310 g/mol. The molecule has 0 aliphatic carbocycles. The summed E-state index contributed by atoms with van der Waals surface area (Å²) in [5.41, 5.74) is 0. The van der Waals surface area contributed by atoms with Crippen LogP contribution in [-0.2, 0) is 9.53 Å². The van der Waals surface area contributed by atoms with Crippen LogP contribution in [0.25, 0.3) is 0 Å². The van der Waals surface area contributed by atoms with Crippen LogP contribution in [0.2, 0.25) is 0 Å². The van der Waals surface area contributed by atoms with Crippen molar-refractivity contribution in [2.75, 3.05) is 32.7 Å². The minimum absolute atomic E-state index is 0.358. The van der Waals surface area contributed by atoms with Gasteiger partial charge in [-0.05, 0) is 39.0 Å². The third-order valence-corrected chi connectivity index (χ3v) is 5.40. The smallest absolute Gasteiger partial charge is 0.146 e. The summed E-state index contributed by atoms with van der Waals surface area (Å²) in [6.45, 7) is 11.6. The first-order chi connectivity index (χ1) is 10.6. The van der Waals surface area contributed by atoms with Crippen molar-refractivity contribution in [2.45, 2.75) is 77.5 Å². The highest BCUT2D eigenvalue weighted by Crippen LogP contribution is 2.22. The summed E-state index contributed by atoms with van der Waals surface area (Å²) in [6.07, 6.45) is 7.29. The fourth-order valence-electron chi connectivity index (χ4n) is 3.55. The molecule has 0 aromatic carbocycles. The topological polar surface area (TPSA) is 32.8 Å². The van der Waals surface area contributed by atoms with Gasteiger partial charge in [0.25, 0.3) is 0 Å². The second-order valence-electron chi connectivity index (χ2n) is 7.00. The number of piperidine rings is 2. The number of nitrogens with zero attached hydrogens (tertiary/aromatic N) is 2. The molecule has 0 saturated carbocycles. The molecule has 2 aliphatic heterocycles. The Kier molecular flexibility index (Phi) is 7.32. The number of ketones is 1. The molecule has 128 valence electrons. The van der Waals surface area contributed by atoms with E-state index < -0.39 is 0 Å². The van der Waals surface area contributed by atoms with Gasteiger partial charge in [0.1, 0.15) is 5.78 Å². The Morgan fingerprint density at radius 3 is 2.09 bits per heavy atom. The van der Waals surface area contributed by atoms with Crippen molar-refractivity contribution in [1.29, 1.82) is 0 Å². The van der Waals surface area contributed by atoms with Gasteiger partial charge >= 0.3 is 0 Å². The molecule has 0 aromatic rings. The molecule has 0 bridgehead atoms. The van der Waals surface area contributed by atoms with E-state index in [1.807, 2.05) is 6.92 Å². The largest absolute Gasteiger partial charge is 0.375 e. The Labute approximate surface area is 136 Å². The molecule has 2 rings (SSSR count). The normalized spacial score (nSPS) is 24.5. The number of likely N-dealkylation sites (tertiary alicyclic amines) is 2. The number of carbonyl (C=O) groups excluding carboxylic acids is 1. The van der Waals surface area contributed by atoms with Gasteiger partial charge in [0.15, 0.2) is 0 Å². The zero-order valence-corrected chi connectivity index (χ0v) is 14.7. The maximum absolute atomic E-state index is 11.5. The number of hydrogen-bond donors (Lipinski definition) is 0. The molecule has 2 aliphatic rings. The van der Waals surface area contributed by atoms with Crippen molar-refractivity contribution in [3.05, 3.63) is 0 Å². The van der Waals surface area contributed by atoms with E-state index in [-0.39, 0.29) is 0 Å². The third-order valence-electron chi connectivity index (χ3n) is 5.40. The van der Waals surface area contributed by atoms with Gasteiger partial charge in [0.2, 0.25) is 0 Å². The zero-order valence-electron chi connectivity index (χ0n) is 14.7. The zero-order chi connectivity index (χ0) is 15.9. The van der Waals surface area contributed by atoms with Crippen LogP contribution in [-0.4, -0.2) is 66.6 Å².